The van der Waals surface area contributed by atoms with Gasteiger partial charge in [0.15, 0.2) is 0 Å². The molecule has 3 nitrogen and oxygen atoms in total. The van der Waals surface area contributed by atoms with Gasteiger partial charge in [0.25, 0.3) is 0 Å². The van der Waals surface area contributed by atoms with Gasteiger partial charge in [-0.3, -0.25) is 0 Å². The van der Waals surface area contributed by atoms with E-state index in [1.807, 2.05) is 25.2 Å². The van der Waals surface area contributed by atoms with Gasteiger partial charge in [0.1, 0.15) is 5.75 Å². The van der Waals surface area contributed by atoms with Gasteiger partial charge in [0, 0.05) is 5.56 Å². The molecule has 1 aliphatic rings. The van der Waals surface area contributed by atoms with E-state index in [2.05, 4.69) is 25.2 Å². The molecule has 3 atom stereocenters. The maximum absolute atomic E-state index is 6.21. The number of hydrogen-bond acceptors (Lipinski definition) is 3. The Labute approximate surface area is 129 Å². The molecular formula is C18H29NO2. The zero-order chi connectivity index (χ0) is 15.2. The summed E-state index contributed by atoms with van der Waals surface area (Å²) in [6, 6.07) is 8.33. The second kappa shape index (κ2) is 7.81. The Morgan fingerprint density at radius 2 is 1.81 bits per heavy atom. The highest BCUT2D eigenvalue weighted by atomic mass is 16.5. The molecule has 1 fully saturated rings. The van der Waals surface area contributed by atoms with Crippen molar-refractivity contribution in [3.05, 3.63) is 29.8 Å². The van der Waals surface area contributed by atoms with Crippen molar-refractivity contribution in [1.82, 2.24) is 5.32 Å². The van der Waals surface area contributed by atoms with Crippen LogP contribution in [0.2, 0.25) is 0 Å². The van der Waals surface area contributed by atoms with Crippen LogP contribution in [-0.4, -0.2) is 26.9 Å². The Morgan fingerprint density at radius 1 is 1.14 bits per heavy atom. The van der Waals surface area contributed by atoms with Crippen LogP contribution in [0.25, 0.3) is 0 Å². The topological polar surface area (TPSA) is 30.5 Å². The Morgan fingerprint density at radius 3 is 2.43 bits per heavy atom. The van der Waals surface area contributed by atoms with Gasteiger partial charge in [-0.25, -0.2) is 0 Å². The van der Waals surface area contributed by atoms with Crippen molar-refractivity contribution in [2.45, 2.75) is 45.3 Å². The first-order valence-corrected chi connectivity index (χ1v) is 8.05. The molecule has 0 radical (unpaired) electrons. The van der Waals surface area contributed by atoms with Crippen LogP contribution in [-0.2, 0) is 4.74 Å². The molecule has 3 heteroatoms. The second-order valence-electron chi connectivity index (χ2n) is 6.46. The first-order valence-electron chi connectivity index (χ1n) is 8.05. The molecule has 2 rings (SSSR count). The van der Waals surface area contributed by atoms with E-state index in [-0.39, 0.29) is 6.04 Å². The van der Waals surface area contributed by atoms with Crippen LogP contribution in [0.3, 0.4) is 0 Å². The van der Waals surface area contributed by atoms with Crippen molar-refractivity contribution >= 4 is 0 Å². The van der Waals surface area contributed by atoms with Gasteiger partial charge >= 0.3 is 0 Å². The van der Waals surface area contributed by atoms with Crippen LogP contribution < -0.4 is 10.1 Å². The van der Waals surface area contributed by atoms with E-state index in [0.717, 1.165) is 17.6 Å². The first-order chi connectivity index (χ1) is 10.1. The Hall–Kier alpha value is -1.06. The Balaban J connectivity index is 1.96. The molecule has 0 bridgehead atoms. The summed E-state index contributed by atoms with van der Waals surface area (Å²) >= 11 is 0. The number of ether oxygens (including phenoxy) is 2. The monoisotopic (exact) mass is 291 g/mol. The summed E-state index contributed by atoms with van der Waals surface area (Å²) in [4.78, 5) is 0. The molecule has 0 amide bonds. The van der Waals surface area contributed by atoms with Gasteiger partial charge < -0.3 is 14.8 Å². The summed E-state index contributed by atoms with van der Waals surface area (Å²) < 4.78 is 11.7. The molecule has 118 valence electrons. The third-order valence-electron chi connectivity index (χ3n) is 4.50. The molecule has 3 unspecified atom stereocenters. The summed E-state index contributed by atoms with van der Waals surface area (Å²) in [5.41, 5.74) is 1.17. The van der Waals surface area contributed by atoms with Crippen LogP contribution in [0.15, 0.2) is 24.3 Å². The molecule has 0 saturated heterocycles. The van der Waals surface area contributed by atoms with E-state index in [4.69, 9.17) is 9.47 Å². The zero-order valence-electron chi connectivity index (χ0n) is 13.8. The molecule has 21 heavy (non-hydrogen) atoms. The van der Waals surface area contributed by atoms with Crippen molar-refractivity contribution in [3.8, 4) is 5.75 Å². The van der Waals surface area contributed by atoms with Crippen molar-refractivity contribution < 1.29 is 9.47 Å². The fraction of sp³-hybridized carbons (Fsp3) is 0.667. The quantitative estimate of drug-likeness (QED) is 0.865. The van der Waals surface area contributed by atoms with Gasteiger partial charge in [0.2, 0.25) is 0 Å². The minimum atomic E-state index is 0.175. The standard InChI is InChI=1S/C18H29NO2/c1-13-9-14(2)11-15(10-13)21-12-17(19-3)16-7-5-6-8-18(16)20-4/h5-8,13-15,17,19H,9-12H2,1-4H3. The lowest BCUT2D eigenvalue weighted by molar-refractivity contribution is -0.00868. The third kappa shape index (κ3) is 4.45. The van der Waals surface area contributed by atoms with Gasteiger partial charge in [0.05, 0.1) is 25.9 Å². The highest BCUT2D eigenvalue weighted by molar-refractivity contribution is 5.35. The highest BCUT2D eigenvalue weighted by Gasteiger charge is 2.25. The number of hydrogen-bond donors (Lipinski definition) is 1. The lowest BCUT2D eigenvalue weighted by atomic mass is 9.82. The smallest absolute Gasteiger partial charge is 0.123 e. The Kier molecular flexibility index (Phi) is 6.07. The number of benzene rings is 1. The summed E-state index contributed by atoms with van der Waals surface area (Å²) in [6.07, 6.45) is 4.11. The van der Waals surface area contributed by atoms with E-state index < -0.39 is 0 Å². The van der Waals surface area contributed by atoms with Crippen LogP contribution in [0.1, 0.15) is 44.7 Å². The molecule has 1 N–H and O–H groups in total. The predicted molar refractivity (Wildman–Crippen MR) is 86.7 cm³/mol. The lowest BCUT2D eigenvalue weighted by Gasteiger charge is -2.32. The van der Waals surface area contributed by atoms with Crippen molar-refractivity contribution in [2.75, 3.05) is 20.8 Å². The highest BCUT2D eigenvalue weighted by Crippen LogP contribution is 2.31. The molecule has 1 aromatic carbocycles. The number of para-hydroxylation sites is 1. The fourth-order valence-corrected chi connectivity index (χ4v) is 3.52. The lowest BCUT2D eigenvalue weighted by Crippen LogP contribution is -2.30. The summed E-state index contributed by atoms with van der Waals surface area (Å²) in [5, 5.41) is 3.35. The molecule has 1 saturated carbocycles. The van der Waals surface area contributed by atoms with Crippen LogP contribution in [0.4, 0.5) is 0 Å². The number of nitrogens with one attached hydrogen (secondary N) is 1. The van der Waals surface area contributed by atoms with Crippen molar-refractivity contribution in [2.24, 2.45) is 11.8 Å². The van der Waals surface area contributed by atoms with Gasteiger partial charge in [-0.05, 0) is 44.2 Å². The second-order valence-corrected chi connectivity index (χ2v) is 6.46. The minimum absolute atomic E-state index is 0.175. The van der Waals surface area contributed by atoms with Gasteiger partial charge in [-0.2, -0.15) is 0 Å². The fourth-order valence-electron chi connectivity index (χ4n) is 3.52. The summed E-state index contributed by atoms with van der Waals surface area (Å²) in [6.45, 7) is 5.37. The van der Waals surface area contributed by atoms with E-state index in [0.29, 0.717) is 12.7 Å². The maximum atomic E-state index is 6.21. The largest absolute Gasteiger partial charge is 0.496 e. The average molecular weight is 291 g/mol. The van der Waals surface area contributed by atoms with Gasteiger partial charge in [-0.1, -0.05) is 32.0 Å². The SMILES string of the molecule is CNC(COC1CC(C)CC(C)C1)c1ccccc1OC. The maximum Gasteiger partial charge on any atom is 0.123 e. The normalized spacial score (nSPS) is 27.3. The van der Waals surface area contributed by atoms with Crippen LogP contribution >= 0.6 is 0 Å². The molecule has 0 heterocycles. The minimum Gasteiger partial charge on any atom is -0.496 e. The van der Waals surface area contributed by atoms with E-state index in [1.54, 1.807) is 7.11 Å². The van der Waals surface area contributed by atoms with Gasteiger partial charge in [-0.15, -0.1) is 0 Å². The zero-order valence-corrected chi connectivity index (χ0v) is 13.8. The van der Waals surface area contributed by atoms with E-state index in [1.165, 1.54) is 24.8 Å². The predicted octanol–water partition coefficient (Wildman–Crippen LogP) is 3.80. The molecule has 0 aliphatic heterocycles. The number of likely N-dealkylation sites (N-methyl/N-ethyl adjacent to an activating group) is 1. The van der Waals surface area contributed by atoms with E-state index >= 15 is 0 Å². The number of rotatable bonds is 6. The third-order valence-corrected chi connectivity index (χ3v) is 4.50. The van der Waals surface area contributed by atoms with Crippen molar-refractivity contribution in [1.29, 1.82) is 0 Å². The molecule has 1 aromatic rings. The van der Waals surface area contributed by atoms with Crippen LogP contribution in [0.5, 0.6) is 5.75 Å². The van der Waals surface area contributed by atoms with Crippen LogP contribution in [0, 0.1) is 11.8 Å². The summed E-state index contributed by atoms with van der Waals surface area (Å²) in [5.74, 6) is 2.47. The van der Waals surface area contributed by atoms with E-state index in [9.17, 15) is 0 Å². The molecule has 1 aliphatic carbocycles. The molecular weight excluding hydrogens is 262 g/mol. The summed E-state index contributed by atoms with van der Waals surface area (Å²) in [7, 11) is 3.70. The van der Waals surface area contributed by atoms with Crippen molar-refractivity contribution in [3.63, 3.8) is 0 Å². The Bertz CT molecular complexity index is 425. The first kappa shape index (κ1) is 16.3. The average Bonchev–Trinajstić information content (AvgIpc) is 2.47. The number of methoxy groups -OCH3 is 1. The molecule has 0 spiro atoms. The molecule has 0 aromatic heterocycles.